The second-order valence-corrected chi connectivity index (χ2v) is 7.23. The molecular weight excluding hydrogens is 348 g/mol. The van der Waals surface area contributed by atoms with Crippen LogP contribution in [0.2, 0.25) is 0 Å². The van der Waals surface area contributed by atoms with Crippen LogP contribution in [-0.4, -0.2) is 17.7 Å². The van der Waals surface area contributed by atoms with Gasteiger partial charge in [0.15, 0.2) is 0 Å². The van der Waals surface area contributed by atoms with Crippen LogP contribution < -0.4 is 0 Å². The van der Waals surface area contributed by atoms with Crippen LogP contribution in [0.25, 0.3) is 0 Å². The summed E-state index contributed by atoms with van der Waals surface area (Å²) in [5.41, 5.74) is 1.96. The molecule has 3 aromatic carbocycles. The molecule has 3 heteroatoms. The zero-order valence-electron chi connectivity index (χ0n) is 15.8. The van der Waals surface area contributed by atoms with E-state index in [0.717, 1.165) is 48.1 Å². The molecule has 1 aliphatic heterocycles. The molecular formula is C25H24O3. The van der Waals surface area contributed by atoms with Crippen LogP contribution in [0.4, 0.5) is 0 Å². The summed E-state index contributed by atoms with van der Waals surface area (Å²) >= 11 is 0. The van der Waals surface area contributed by atoms with Crippen LogP contribution in [0.5, 0.6) is 0 Å². The van der Waals surface area contributed by atoms with Gasteiger partial charge in [0.25, 0.3) is 0 Å². The van der Waals surface area contributed by atoms with Crippen molar-refractivity contribution in [1.82, 2.24) is 0 Å². The molecule has 1 unspecified atom stereocenters. The molecule has 1 fully saturated rings. The SMILES string of the molecule is O=C(O)C(c1ccccc1)(c1ccccc1)c1ccccc1C1CCCCO1. The molecule has 4 rings (SSSR count). The monoisotopic (exact) mass is 372 g/mol. The van der Waals surface area contributed by atoms with E-state index in [0.29, 0.717) is 0 Å². The molecule has 1 atom stereocenters. The van der Waals surface area contributed by atoms with Crippen molar-refractivity contribution in [3.8, 4) is 0 Å². The Bertz CT molecular complexity index is 889. The summed E-state index contributed by atoms with van der Waals surface area (Å²) in [4.78, 5) is 13.0. The number of rotatable bonds is 5. The zero-order valence-corrected chi connectivity index (χ0v) is 15.8. The topological polar surface area (TPSA) is 46.5 Å². The van der Waals surface area contributed by atoms with Gasteiger partial charge in [0.1, 0.15) is 5.41 Å². The largest absolute Gasteiger partial charge is 0.480 e. The Kier molecular flexibility index (Phi) is 5.27. The lowest BCUT2D eigenvalue weighted by atomic mass is 9.67. The molecule has 3 nitrogen and oxygen atoms in total. The summed E-state index contributed by atoms with van der Waals surface area (Å²) in [6, 6.07) is 26.9. The summed E-state index contributed by atoms with van der Waals surface area (Å²) in [5, 5.41) is 10.7. The Labute approximate surface area is 165 Å². The molecule has 0 aromatic heterocycles. The minimum absolute atomic E-state index is 0.0731. The number of ether oxygens (including phenoxy) is 1. The van der Waals surface area contributed by atoms with Gasteiger partial charge < -0.3 is 9.84 Å². The minimum Gasteiger partial charge on any atom is -0.480 e. The van der Waals surface area contributed by atoms with Crippen LogP contribution in [0.15, 0.2) is 84.9 Å². The molecule has 1 aliphatic rings. The Morgan fingerprint density at radius 1 is 0.821 bits per heavy atom. The van der Waals surface area contributed by atoms with Gasteiger partial charge in [0.2, 0.25) is 0 Å². The lowest BCUT2D eigenvalue weighted by Crippen LogP contribution is -2.39. The van der Waals surface area contributed by atoms with Gasteiger partial charge in [0.05, 0.1) is 6.10 Å². The lowest BCUT2D eigenvalue weighted by Gasteiger charge is -2.35. The highest BCUT2D eigenvalue weighted by atomic mass is 16.5. The number of carbonyl (C=O) groups is 1. The Morgan fingerprint density at radius 3 is 1.93 bits per heavy atom. The highest BCUT2D eigenvalue weighted by Gasteiger charge is 2.46. The number of aliphatic carboxylic acids is 1. The van der Waals surface area contributed by atoms with Crippen molar-refractivity contribution in [3.63, 3.8) is 0 Å². The third kappa shape index (κ3) is 3.12. The molecule has 142 valence electrons. The van der Waals surface area contributed by atoms with Crippen LogP contribution in [-0.2, 0) is 14.9 Å². The van der Waals surface area contributed by atoms with Gasteiger partial charge in [-0.2, -0.15) is 0 Å². The number of hydrogen-bond donors (Lipinski definition) is 1. The standard InChI is InChI=1S/C25H24O3/c26-24(27)25(19-11-3-1-4-12-19,20-13-5-2-6-14-20)22-16-8-7-15-21(22)23-17-9-10-18-28-23/h1-8,11-16,23H,9-10,17-18H2,(H,26,27). The van der Waals surface area contributed by atoms with E-state index in [2.05, 4.69) is 0 Å². The van der Waals surface area contributed by atoms with E-state index >= 15 is 0 Å². The van der Waals surface area contributed by atoms with Gasteiger partial charge in [-0.15, -0.1) is 0 Å². The number of hydrogen-bond acceptors (Lipinski definition) is 2. The second kappa shape index (κ2) is 7.99. The van der Waals surface area contributed by atoms with Crippen LogP contribution >= 0.6 is 0 Å². The maximum Gasteiger partial charge on any atom is 0.323 e. The first-order chi connectivity index (χ1) is 13.7. The predicted octanol–water partition coefficient (Wildman–Crippen LogP) is 5.35. The van der Waals surface area contributed by atoms with Crippen LogP contribution in [0, 0.1) is 0 Å². The minimum atomic E-state index is -1.29. The summed E-state index contributed by atoms with van der Waals surface area (Å²) in [5.74, 6) is -0.881. The van der Waals surface area contributed by atoms with Gasteiger partial charge in [-0.1, -0.05) is 84.9 Å². The van der Waals surface area contributed by atoms with Gasteiger partial charge >= 0.3 is 5.97 Å². The summed E-state index contributed by atoms with van der Waals surface area (Å²) < 4.78 is 6.06. The Hall–Kier alpha value is -2.91. The fourth-order valence-electron chi connectivity index (χ4n) is 4.32. The van der Waals surface area contributed by atoms with Gasteiger partial charge in [-0.05, 0) is 41.5 Å². The first kappa shape index (κ1) is 18.5. The summed E-state index contributed by atoms with van der Waals surface area (Å²) in [6.45, 7) is 0.718. The molecule has 0 saturated carbocycles. The van der Waals surface area contributed by atoms with E-state index in [1.807, 2.05) is 84.9 Å². The molecule has 28 heavy (non-hydrogen) atoms. The van der Waals surface area contributed by atoms with Crippen molar-refractivity contribution in [2.45, 2.75) is 30.8 Å². The highest BCUT2D eigenvalue weighted by molar-refractivity contribution is 5.91. The molecule has 0 radical (unpaired) electrons. The fraction of sp³-hybridized carbons (Fsp3) is 0.240. The van der Waals surface area contributed by atoms with Gasteiger partial charge in [-0.3, -0.25) is 4.79 Å². The molecule has 0 spiro atoms. The van der Waals surface area contributed by atoms with Crippen molar-refractivity contribution in [3.05, 3.63) is 107 Å². The van der Waals surface area contributed by atoms with Crippen LogP contribution in [0.3, 0.4) is 0 Å². The summed E-state index contributed by atoms with van der Waals surface area (Å²) in [7, 11) is 0. The van der Waals surface area contributed by atoms with E-state index in [-0.39, 0.29) is 6.10 Å². The van der Waals surface area contributed by atoms with Gasteiger partial charge in [-0.25, -0.2) is 0 Å². The second-order valence-electron chi connectivity index (χ2n) is 7.23. The molecule has 1 saturated heterocycles. The molecule has 0 amide bonds. The highest BCUT2D eigenvalue weighted by Crippen LogP contribution is 2.44. The van der Waals surface area contributed by atoms with Crippen molar-refractivity contribution in [2.75, 3.05) is 6.61 Å². The Morgan fingerprint density at radius 2 is 1.39 bits per heavy atom. The van der Waals surface area contributed by atoms with E-state index in [9.17, 15) is 9.90 Å². The lowest BCUT2D eigenvalue weighted by molar-refractivity contribution is -0.140. The number of benzene rings is 3. The number of carboxylic acid groups (broad SMARTS) is 1. The molecule has 1 heterocycles. The zero-order chi connectivity index (χ0) is 19.4. The van der Waals surface area contributed by atoms with E-state index < -0.39 is 11.4 Å². The maximum absolute atomic E-state index is 13.0. The third-order valence-corrected chi connectivity index (χ3v) is 5.63. The van der Waals surface area contributed by atoms with E-state index in [1.54, 1.807) is 0 Å². The first-order valence-electron chi connectivity index (χ1n) is 9.80. The maximum atomic E-state index is 13.0. The van der Waals surface area contributed by atoms with E-state index in [1.165, 1.54) is 0 Å². The van der Waals surface area contributed by atoms with Crippen LogP contribution in [0.1, 0.15) is 47.6 Å². The molecule has 0 bridgehead atoms. The van der Waals surface area contributed by atoms with Gasteiger partial charge in [0, 0.05) is 6.61 Å². The van der Waals surface area contributed by atoms with Crippen molar-refractivity contribution in [1.29, 1.82) is 0 Å². The molecule has 1 N–H and O–H groups in total. The average molecular weight is 372 g/mol. The summed E-state index contributed by atoms with van der Waals surface area (Å²) in [6.07, 6.45) is 2.99. The van der Waals surface area contributed by atoms with Crippen molar-refractivity contribution < 1.29 is 14.6 Å². The van der Waals surface area contributed by atoms with Crippen molar-refractivity contribution in [2.24, 2.45) is 0 Å². The smallest absolute Gasteiger partial charge is 0.323 e. The average Bonchev–Trinajstić information content (AvgIpc) is 2.77. The number of carboxylic acids is 1. The first-order valence-corrected chi connectivity index (χ1v) is 9.80. The van der Waals surface area contributed by atoms with E-state index in [4.69, 9.17) is 4.74 Å². The van der Waals surface area contributed by atoms with Crippen molar-refractivity contribution >= 4 is 5.97 Å². The Balaban J connectivity index is 2.01. The molecule has 0 aliphatic carbocycles. The normalized spacial score (nSPS) is 17.2. The predicted molar refractivity (Wildman–Crippen MR) is 109 cm³/mol. The quantitative estimate of drug-likeness (QED) is 0.614. The fourth-order valence-corrected chi connectivity index (χ4v) is 4.32. The molecule has 3 aromatic rings. The third-order valence-electron chi connectivity index (χ3n) is 5.63.